The third kappa shape index (κ3) is 7.37. The molecule has 3 aromatic carbocycles. The van der Waals surface area contributed by atoms with Crippen LogP contribution in [0.25, 0.3) is 0 Å². The van der Waals surface area contributed by atoms with Crippen LogP contribution >= 0.6 is 11.6 Å². The van der Waals surface area contributed by atoms with E-state index in [1.807, 2.05) is 31.2 Å². The number of benzene rings is 3. The van der Waals surface area contributed by atoms with Gasteiger partial charge in [-0.25, -0.2) is 8.42 Å². The molecule has 1 atom stereocenters. The molecule has 0 saturated heterocycles. The van der Waals surface area contributed by atoms with E-state index < -0.39 is 49.9 Å². The molecular weight excluding hydrogens is 584 g/mol. The molecule has 3 rings (SSSR count). The summed E-state index contributed by atoms with van der Waals surface area (Å²) in [4.78, 5) is 38.6. The molecule has 224 valence electrons. The SMILES string of the molecule is CCNC(=O)C(C)N(Cc1ccc(C)cc1)C(=O)CN(c1cc(Cl)ccc1OC)S(=O)(=O)c1ccc(C)c([N+](=O)[O-])c1. The van der Waals surface area contributed by atoms with Gasteiger partial charge in [0.15, 0.2) is 0 Å². The first-order chi connectivity index (χ1) is 19.8. The maximum Gasteiger partial charge on any atom is 0.273 e. The van der Waals surface area contributed by atoms with E-state index in [2.05, 4.69) is 5.32 Å². The summed E-state index contributed by atoms with van der Waals surface area (Å²) in [5.74, 6) is -1.01. The molecule has 13 heteroatoms. The van der Waals surface area contributed by atoms with Crippen molar-refractivity contribution in [2.45, 2.75) is 45.2 Å². The summed E-state index contributed by atoms with van der Waals surface area (Å²) in [5.41, 5.74) is 1.55. The monoisotopic (exact) mass is 616 g/mol. The Balaban J connectivity index is 2.16. The Labute approximate surface area is 250 Å². The Kier molecular flexibility index (Phi) is 10.5. The first-order valence-corrected chi connectivity index (χ1v) is 14.9. The van der Waals surface area contributed by atoms with Gasteiger partial charge in [0.05, 0.1) is 22.6 Å². The molecule has 0 bridgehead atoms. The van der Waals surface area contributed by atoms with Crippen LogP contribution in [0.5, 0.6) is 5.75 Å². The first kappa shape index (κ1) is 32.4. The van der Waals surface area contributed by atoms with Crippen LogP contribution in [-0.2, 0) is 26.2 Å². The number of nitro groups is 1. The average molecular weight is 617 g/mol. The maximum atomic E-state index is 14.1. The summed E-state index contributed by atoms with van der Waals surface area (Å²) < 4.78 is 34.4. The number of amides is 2. The zero-order valence-electron chi connectivity index (χ0n) is 24.0. The van der Waals surface area contributed by atoms with Crippen LogP contribution in [-0.4, -0.2) is 56.3 Å². The fourth-order valence-corrected chi connectivity index (χ4v) is 5.84. The van der Waals surface area contributed by atoms with Gasteiger partial charge in [-0.3, -0.25) is 24.0 Å². The maximum absolute atomic E-state index is 14.1. The van der Waals surface area contributed by atoms with Crippen LogP contribution in [0.1, 0.15) is 30.5 Å². The number of rotatable bonds is 12. The Morgan fingerprint density at radius 2 is 1.74 bits per heavy atom. The highest BCUT2D eigenvalue weighted by Crippen LogP contribution is 2.36. The number of anilines is 1. The second-order valence-corrected chi connectivity index (χ2v) is 11.9. The van der Waals surface area contributed by atoms with Crippen LogP contribution in [0.3, 0.4) is 0 Å². The molecule has 0 saturated carbocycles. The van der Waals surface area contributed by atoms with E-state index >= 15 is 0 Å². The van der Waals surface area contributed by atoms with Gasteiger partial charge in [-0.2, -0.15) is 0 Å². The van der Waals surface area contributed by atoms with Gasteiger partial charge in [-0.05, 0) is 57.5 Å². The smallest absolute Gasteiger partial charge is 0.273 e. The number of methoxy groups -OCH3 is 1. The van der Waals surface area contributed by atoms with Gasteiger partial charge in [0.25, 0.3) is 15.7 Å². The van der Waals surface area contributed by atoms with E-state index in [0.29, 0.717) is 6.54 Å². The van der Waals surface area contributed by atoms with E-state index in [4.69, 9.17) is 16.3 Å². The minimum absolute atomic E-state index is 0.0218. The van der Waals surface area contributed by atoms with Crippen molar-refractivity contribution >= 4 is 44.8 Å². The van der Waals surface area contributed by atoms with Gasteiger partial charge in [0, 0.05) is 29.7 Å². The van der Waals surface area contributed by atoms with Crippen LogP contribution in [0.2, 0.25) is 5.02 Å². The van der Waals surface area contributed by atoms with E-state index in [-0.39, 0.29) is 28.6 Å². The molecule has 42 heavy (non-hydrogen) atoms. The van der Waals surface area contributed by atoms with Crippen molar-refractivity contribution in [2.24, 2.45) is 0 Å². The largest absolute Gasteiger partial charge is 0.495 e. The number of ether oxygens (including phenoxy) is 1. The number of nitro benzene ring substituents is 1. The Hall–Kier alpha value is -4.16. The van der Waals surface area contributed by atoms with Crippen LogP contribution in [0.15, 0.2) is 65.6 Å². The number of carbonyl (C=O) groups excluding carboxylic acids is 2. The second-order valence-electron chi connectivity index (χ2n) is 9.61. The fourth-order valence-electron chi connectivity index (χ4n) is 4.24. The van der Waals surface area contributed by atoms with Gasteiger partial charge in [-0.1, -0.05) is 47.5 Å². The number of hydrogen-bond donors (Lipinski definition) is 1. The van der Waals surface area contributed by atoms with Crippen molar-refractivity contribution in [3.8, 4) is 5.75 Å². The van der Waals surface area contributed by atoms with Crippen LogP contribution < -0.4 is 14.4 Å². The molecule has 0 fully saturated rings. The average Bonchev–Trinajstić information content (AvgIpc) is 2.95. The molecule has 0 heterocycles. The van der Waals surface area contributed by atoms with Gasteiger partial charge in [0.2, 0.25) is 11.8 Å². The fraction of sp³-hybridized carbons (Fsp3) is 0.310. The second kappa shape index (κ2) is 13.7. The lowest BCUT2D eigenvalue weighted by Crippen LogP contribution is -2.51. The minimum Gasteiger partial charge on any atom is -0.495 e. The van der Waals surface area contributed by atoms with E-state index in [1.165, 1.54) is 49.3 Å². The summed E-state index contributed by atoms with van der Waals surface area (Å²) in [6.45, 7) is 6.31. The Morgan fingerprint density at radius 3 is 2.33 bits per heavy atom. The molecule has 11 nitrogen and oxygen atoms in total. The predicted octanol–water partition coefficient (Wildman–Crippen LogP) is 4.62. The topological polar surface area (TPSA) is 139 Å². The number of nitrogens with zero attached hydrogens (tertiary/aromatic N) is 3. The van der Waals surface area contributed by atoms with Crippen molar-refractivity contribution < 1.29 is 27.7 Å². The number of nitrogens with one attached hydrogen (secondary N) is 1. The lowest BCUT2D eigenvalue weighted by molar-refractivity contribution is -0.385. The summed E-state index contributed by atoms with van der Waals surface area (Å²) in [5, 5.41) is 14.5. The number of halogens is 1. The quantitative estimate of drug-likeness (QED) is 0.231. The normalized spacial score (nSPS) is 11.9. The summed E-state index contributed by atoms with van der Waals surface area (Å²) in [6.07, 6.45) is 0. The van der Waals surface area contributed by atoms with Crippen molar-refractivity contribution in [1.82, 2.24) is 10.2 Å². The lowest BCUT2D eigenvalue weighted by Gasteiger charge is -2.32. The van der Waals surface area contributed by atoms with Crippen molar-refractivity contribution in [1.29, 1.82) is 0 Å². The highest BCUT2D eigenvalue weighted by Gasteiger charge is 2.34. The zero-order chi connectivity index (χ0) is 31.2. The number of carbonyl (C=O) groups is 2. The standard InChI is InChI=1S/C29H33ClN4O7S/c1-6-31-29(36)21(4)32(17-22-10-7-19(2)8-11-22)28(35)18-33(26-15-23(30)12-14-27(26)41-5)42(39,40)24-13-9-20(3)25(16-24)34(37)38/h7-16,21H,6,17-18H2,1-5H3,(H,31,36). The van der Waals surface area contributed by atoms with Crippen molar-refractivity contribution in [3.05, 3.63) is 92.5 Å². The summed E-state index contributed by atoms with van der Waals surface area (Å²) >= 11 is 6.23. The molecule has 0 aliphatic carbocycles. The molecule has 0 aliphatic rings. The number of aryl methyl sites for hydroxylation is 2. The van der Waals surface area contributed by atoms with Gasteiger partial charge in [-0.15, -0.1) is 0 Å². The summed E-state index contributed by atoms with van der Waals surface area (Å²) in [6, 6.07) is 14.2. The van der Waals surface area contributed by atoms with Gasteiger partial charge < -0.3 is 15.0 Å². The molecule has 0 radical (unpaired) electrons. The molecule has 1 unspecified atom stereocenters. The van der Waals surface area contributed by atoms with E-state index in [0.717, 1.165) is 21.5 Å². The van der Waals surface area contributed by atoms with E-state index in [1.54, 1.807) is 13.8 Å². The third-order valence-corrected chi connectivity index (χ3v) is 8.64. The van der Waals surface area contributed by atoms with Crippen LogP contribution in [0, 0.1) is 24.0 Å². The molecule has 0 aliphatic heterocycles. The molecule has 1 N–H and O–H groups in total. The lowest BCUT2D eigenvalue weighted by atomic mass is 10.1. The zero-order valence-corrected chi connectivity index (χ0v) is 25.5. The van der Waals surface area contributed by atoms with E-state index in [9.17, 15) is 28.1 Å². The number of hydrogen-bond acceptors (Lipinski definition) is 7. The third-order valence-electron chi connectivity index (χ3n) is 6.65. The Bertz CT molecular complexity index is 1580. The highest BCUT2D eigenvalue weighted by atomic mass is 35.5. The number of likely N-dealkylation sites (N-methyl/N-ethyl adjacent to an activating group) is 1. The highest BCUT2D eigenvalue weighted by molar-refractivity contribution is 7.92. The van der Waals surface area contributed by atoms with Gasteiger partial charge >= 0.3 is 0 Å². The minimum atomic E-state index is -4.60. The molecular formula is C29H33ClN4O7S. The van der Waals surface area contributed by atoms with Gasteiger partial charge in [0.1, 0.15) is 18.3 Å². The number of sulfonamides is 1. The predicted molar refractivity (Wildman–Crippen MR) is 160 cm³/mol. The molecule has 0 spiro atoms. The van der Waals surface area contributed by atoms with Crippen molar-refractivity contribution in [3.63, 3.8) is 0 Å². The molecule has 0 aromatic heterocycles. The first-order valence-electron chi connectivity index (χ1n) is 13.0. The van der Waals surface area contributed by atoms with Crippen molar-refractivity contribution in [2.75, 3.05) is 24.5 Å². The summed E-state index contributed by atoms with van der Waals surface area (Å²) in [7, 11) is -3.27. The molecule has 2 amide bonds. The Morgan fingerprint density at radius 1 is 1.07 bits per heavy atom. The molecule has 3 aromatic rings. The van der Waals surface area contributed by atoms with Crippen LogP contribution in [0.4, 0.5) is 11.4 Å².